The number of likely N-dealkylation sites (N-methyl/N-ethyl adjacent to an activating group) is 1. The summed E-state index contributed by atoms with van der Waals surface area (Å²) in [6, 6.07) is 0. The molecule has 2 fully saturated rings. The predicted octanol–water partition coefficient (Wildman–Crippen LogP) is -0.809. The van der Waals surface area contributed by atoms with E-state index in [1.54, 1.807) is 0 Å². The molecule has 0 unspecified atom stereocenters. The van der Waals surface area contributed by atoms with Crippen molar-refractivity contribution in [3.8, 4) is 0 Å². The average molecular weight is 126 g/mol. The number of carbonyl (C=O) groups excluding carboxylic acids is 1. The molecule has 0 radical (unpaired) electrons. The molecule has 1 amide bonds. The quantitative estimate of drug-likeness (QED) is 0.430. The Kier molecular flexibility index (Phi) is 0.750. The number of amides is 1. The molecule has 0 aliphatic carbocycles. The standard InChI is InChI=1S/C6H10N2O/c1-8-5(9)2-6(8)3-7-4-6/h7H,2-4H2,1H3. The maximum Gasteiger partial charge on any atom is 0.225 e. The monoisotopic (exact) mass is 126 g/mol. The van der Waals surface area contributed by atoms with Gasteiger partial charge in [0, 0.05) is 20.1 Å². The number of hydrogen-bond donors (Lipinski definition) is 1. The second kappa shape index (κ2) is 1.29. The summed E-state index contributed by atoms with van der Waals surface area (Å²) in [6.07, 6.45) is 0.760. The van der Waals surface area contributed by atoms with Gasteiger partial charge in [-0.15, -0.1) is 0 Å². The van der Waals surface area contributed by atoms with Crippen LogP contribution >= 0.6 is 0 Å². The van der Waals surface area contributed by atoms with Gasteiger partial charge in [-0.25, -0.2) is 0 Å². The van der Waals surface area contributed by atoms with Crippen LogP contribution in [0.2, 0.25) is 0 Å². The lowest BCUT2D eigenvalue weighted by Gasteiger charge is -2.56. The zero-order chi connectivity index (χ0) is 6.48. The largest absolute Gasteiger partial charge is 0.337 e. The van der Waals surface area contributed by atoms with E-state index in [4.69, 9.17) is 0 Å². The minimum Gasteiger partial charge on any atom is -0.337 e. The lowest BCUT2D eigenvalue weighted by Crippen LogP contribution is -2.76. The van der Waals surface area contributed by atoms with Crippen LogP contribution in [0.15, 0.2) is 0 Å². The average Bonchev–Trinajstić information content (AvgIpc) is 1.77. The lowest BCUT2D eigenvalue weighted by atomic mass is 9.79. The molecule has 9 heavy (non-hydrogen) atoms. The number of likely N-dealkylation sites (tertiary alicyclic amines) is 1. The van der Waals surface area contributed by atoms with E-state index < -0.39 is 0 Å². The number of β-lactam (4-membered cyclic amide) rings is 1. The third-order valence-electron chi connectivity index (χ3n) is 2.47. The third kappa shape index (κ3) is 0.435. The highest BCUT2D eigenvalue weighted by atomic mass is 16.2. The maximum absolute atomic E-state index is 10.7. The summed E-state index contributed by atoms with van der Waals surface area (Å²) in [7, 11) is 1.88. The van der Waals surface area contributed by atoms with E-state index in [9.17, 15) is 4.79 Å². The molecule has 2 rings (SSSR count). The zero-order valence-corrected chi connectivity index (χ0v) is 5.48. The van der Waals surface area contributed by atoms with Crippen LogP contribution in [0, 0.1) is 0 Å². The van der Waals surface area contributed by atoms with E-state index >= 15 is 0 Å². The first-order chi connectivity index (χ1) is 4.25. The van der Waals surface area contributed by atoms with Gasteiger partial charge in [-0.1, -0.05) is 0 Å². The van der Waals surface area contributed by atoms with Gasteiger partial charge < -0.3 is 10.2 Å². The van der Waals surface area contributed by atoms with Gasteiger partial charge in [0.05, 0.1) is 12.0 Å². The van der Waals surface area contributed by atoms with Crippen LogP contribution in [0.3, 0.4) is 0 Å². The van der Waals surface area contributed by atoms with Gasteiger partial charge in [0.15, 0.2) is 0 Å². The molecule has 3 nitrogen and oxygen atoms in total. The van der Waals surface area contributed by atoms with Crippen LogP contribution in [0.5, 0.6) is 0 Å². The molecule has 2 heterocycles. The fourth-order valence-corrected chi connectivity index (χ4v) is 1.47. The second-order valence-electron chi connectivity index (χ2n) is 2.96. The van der Waals surface area contributed by atoms with E-state index in [-0.39, 0.29) is 11.4 Å². The molecule has 2 aliphatic rings. The fraction of sp³-hybridized carbons (Fsp3) is 0.833. The van der Waals surface area contributed by atoms with Crippen molar-refractivity contribution in [2.24, 2.45) is 0 Å². The molecule has 0 saturated carbocycles. The Balaban J connectivity index is 2.10. The minimum atomic E-state index is 0.247. The van der Waals surface area contributed by atoms with Gasteiger partial charge in [0.1, 0.15) is 0 Å². The topological polar surface area (TPSA) is 32.3 Å². The molecule has 0 aromatic heterocycles. The Labute approximate surface area is 54.0 Å². The van der Waals surface area contributed by atoms with Crippen molar-refractivity contribution in [2.75, 3.05) is 20.1 Å². The van der Waals surface area contributed by atoms with Crippen LogP contribution < -0.4 is 5.32 Å². The molecule has 0 bridgehead atoms. The van der Waals surface area contributed by atoms with Crippen LogP contribution in [-0.2, 0) is 4.79 Å². The summed E-state index contributed by atoms with van der Waals surface area (Å²) in [5, 5.41) is 3.16. The number of hydrogen-bond acceptors (Lipinski definition) is 2. The molecule has 0 atom stereocenters. The predicted molar refractivity (Wildman–Crippen MR) is 33.0 cm³/mol. The van der Waals surface area contributed by atoms with Gasteiger partial charge in [0.2, 0.25) is 5.91 Å². The summed E-state index contributed by atoms with van der Waals surface area (Å²) in [5.74, 6) is 0.288. The Hall–Kier alpha value is -0.570. The fourth-order valence-electron chi connectivity index (χ4n) is 1.47. The van der Waals surface area contributed by atoms with Crippen molar-refractivity contribution in [2.45, 2.75) is 12.0 Å². The number of carbonyl (C=O) groups is 1. The van der Waals surface area contributed by atoms with Crippen LogP contribution in [-0.4, -0.2) is 36.5 Å². The summed E-state index contributed by atoms with van der Waals surface area (Å²) in [6.45, 7) is 1.99. The Morgan fingerprint density at radius 1 is 1.67 bits per heavy atom. The van der Waals surface area contributed by atoms with Gasteiger partial charge in [0.25, 0.3) is 0 Å². The van der Waals surface area contributed by atoms with E-state index in [2.05, 4.69) is 5.32 Å². The summed E-state index contributed by atoms with van der Waals surface area (Å²) in [5.41, 5.74) is 0.247. The normalized spacial score (nSPS) is 29.9. The SMILES string of the molecule is CN1C(=O)CC12CNC2. The molecule has 50 valence electrons. The molecular weight excluding hydrogens is 116 g/mol. The van der Waals surface area contributed by atoms with Crippen LogP contribution in [0.25, 0.3) is 0 Å². The molecular formula is C6H10N2O. The molecule has 3 heteroatoms. The molecule has 1 N–H and O–H groups in total. The highest BCUT2D eigenvalue weighted by Crippen LogP contribution is 2.33. The van der Waals surface area contributed by atoms with E-state index in [0.29, 0.717) is 0 Å². The first kappa shape index (κ1) is 5.23. The second-order valence-corrected chi connectivity index (χ2v) is 2.96. The van der Waals surface area contributed by atoms with E-state index in [1.807, 2.05) is 11.9 Å². The Morgan fingerprint density at radius 2 is 2.33 bits per heavy atom. The van der Waals surface area contributed by atoms with Crippen LogP contribution in [0.4, 0.5) is 0 Å². The maximum atomic E-state index is 10.7. The summed E-state index contributed by atoms with van der Waals surface area (Å²) >= 11 is 0. The third-order valence-corrected chi connectivity index (χ3v) is 2.47. The summed E-state index contributed by atoms with van der Waals surface area (Å²) in [4.78, 5) is 12.6. The first-order valence-electron chi connectivity index (χ1n) is 3.22. The van der Waals surface area contributed by atoms with Crippen molar-refractivity contribution in [3.05, 3.63) is 0 Å². The van der Waals surface area contributed by atoms with Gasteiger partial charge >= 0.3 is 0 Å². The highest BCUT2D eigenvalue weighted by Gasteiger charge is 2.52. The number of rotatable bonds is 0. The van der Waals surface area contributed by atoms with Gasteiger partial charge in [-0.2, -0.15) is 0 Å². The summed E-state index contributed by atoms with van der Waals surface area (Å²) < 4.78 is 0. The van der Waals surface area contributed by atoms with Crippen molar-refractivity contribution in [3.63, 3.8) is 0 Å². The number of nitrogens with zero attached hydrogens (tertiary/aromatic N) is 1. The van der Waals surface area contributed by atoms with Crippen molar-refractivity contribution in [1.82, 2.24) is 10.2 Å². The highest BCUT2D eigenvalue weighted by molar-refractivity contribution is 5.85. The van der Waals surface area contributed by atoms with Gasteiger partial charge in [-0.05, 0) is 0 Å². The molecule has 1 spiro atoms. The van der Waals surface area contributed by atoms with Gasteiger partial charge in [-0.3, -0.25) is 4.79 Å². The lowest BCUT2D eigenvalue weighted by molar-refractivity contribution is -0.158. The molecule has 0 aromatic rings. The zero-order valence-electron chi connectivity index (χ0n) is 5.48. The smallest absolute Gasteiger partial charge is 0.225 e. The molecule has 0 aromatic carbocycles. The van der Waals surface area contributed by atoms with E-state index in [0.717, 1.165) is 19.5 Å². The van der Waals surface area contributed by atoms with Crippen molar-refractivity contribution < 1.29 is 4.79 Å². The number of nitrogens with one attached hydrogen (secondary N) is 1. The minimum absolute atomic E-state index is 0.247. The molecule has 2 saturated heterocycles. The molecule has 2 aliphatic heterocycles. The Bertz CT molecular complexity index is 162. The van der Waals surface area contributed by atoms with Crippen LogP contribution in [0.1, 0.15) is 6.42 Å². The van der Waals surface area contributed by atoms with Crippen molar-refractivity contribution >= 4 is 5.91 Å². The van der Waals surface area contributed by atoms with Crippen molar-refractivity contribution in [1.29, 1.82) is 0 Å². The Morgan fingerprint density at radius 3 is 2.44 bits per heavy atom. The van der Waals surface area contributed by atoms with E-state index in [1.165, 1.54) is 0 Å². The first-order valence-corrected chi connectivity index (χ1v) is 3.22.